The van der Waals surface area contributed by atoms with Crippen LogP contribution in [0.25, 0.3) is 0 Å². The standard InChI is InChI=1S/C5H9F2N3O/c6-5(7)2-10(3-5)1-4(8)9-11/h11H,1-3H2,(H2,8,9). The van der Waals surface area contributed by atoms with Crippen LogP contribution in [-0.4, -0.2) is 41.5 Å². The molecule has 0 amide bonds. The summed E-state index contributed by atoms with van der Waals surface area (Å²) in [5, 5.41) is 10.7. The van der Waals surface area contributed by atoms with Crippen LogP contribution in [0.1, 0.15) is 0 Å². The summed E-state index contributed by atoms with van der Waals surface area (Å²) in [5.74, 6) is -2.63. The average molecular weight is 165 g/mol. The Kier molecular flexibility index (Phi) is 1.95. The number of oxime groups is 1. The molecule has 0 radical (unpaired) electrons. The minimum Gasteiger partial charge on any atom is -0.409 e. The Bertz CT molecular complexity index is 175. The van der Waals surface area contributed by atoms with Crippen LogP contribution in [0.15, 0.2) is 5.16 Å². The first-order valence-corrected chi connectivity index (χ1v) is 3.10. The summed E-state index contributed by atoms with van der Waals surface area (Å²) in [4.78, 5) is 1.40. The van der Waals surface area contributed by atoms with Crippen molar-refractivity contribution in [3.05, 3.63) is 0 Å². The topological polar surface area (TPSA) is 61.8 Å². The highest BCUT2D eigenvalue weighted by atomic mass is 19.3. The van der Waals surface area contributed by atoms with Gasteiger partial charge in [-0.3, -0.25) is 4.90 Å². The molecule has 1 aliphatic rings. The molecule has 1 rings (SSSR count). The Morgan fingerprint density at radius 3 is 2.55 bits per heavy atom. The quantitative estimate of drug-likeness (QED) is 0.255. The van der Waals surface area contributed by atoms with Gasteiger partial charge in [0.25, 0.3) is 5.92 Å². The van der Waals surface area contributed by atoms with Gasteiger partial charge in [0, 0.05) is 0 Å². The lowest BCUT2D eigenvalue weighted by atomic mass is 10.1. The molecule has 1 heterocycles. The van der Waals surface area contributed by atoms with Crippen LogP contribution in [0.5, 0.6) is 0 Å². The molecule has 0 aromatic rings. The smallest absolute Gasteiger partial charge is 0.272 e. The molecule has 1 saturated heterocycles. The fourth-order valence-electron chi connectivity index (χ4n) is 0.981. The third-order valence-corrected chi connectivity index (χ3v) is 1.42. The van der Waals surface area contributed by atoms with Gasteiger partial charge in [-0.15, -0.1) is 0 Å². The first kappa shape index (κ1) is 8.19. The highest BCUT2D eigenvalue weighted by Gasteiger charge is 2.43. The van der Waals surface area contributed by atoms with Gasteiger partial charge in [-0.1, -0.05) is 5.16 Å². The van der Waals surface area contributed by atoms with Gasteiger partial charge in [0.1, 0.15) is 0 Å². The SMILES string of the molecule is NC(CN1CC(F)(F)C1)=NO. The molecule has 0 aliphatic carbocycles. The molecule has 4 nitrogen and oxygen atoms in total. The lowest BCUT2D eigenvalue weighted by Gasteiger charge is -2.38. The normalized spacial score (nSPS) is 24.7. The molecule has 0 unspecified atom stereocenters. The second-order valence-electron chi connectivity index (χ2n) is 2.59. The molecule has 11 heavy (non-hydrogen) atoms. The maximum absolute atomic E-state index is 12.2. The largest absolute Gasteiger partial charge is 0.409 e. The number of hydrogen-bond donors (Lipinski definition) is 2. The van der Waals surface area contributed by atoms with E-state index in [4.69, 9.17) is 10.9 Å². The lowest BCUT2D eigenvalue weighted by molar-refractivity contribution is -0.124. The monoisotopic (exact) mass is 165 g/mol. The van der Waals surface area contributed by atoms with Crippen LogP contribution in [0.3, 0.4) is 0 Å². The lowest BCUT2D eigenvalue weighted by Crippen LogP contribution is -2.58. The van der Waals surface area contributed by atoms with E-state index >= 15 is 0 Å². The van der Waals surface area contributed by atoms with E-state index < -0.39 is 5.92 Å². The Labute approximate surface area is 62.3 Å². The molecule has 0 aromatic heterocycles. The van der Waals surface area contributed by atoms with Crippen molar-refractivity contribution < 1.29 is 14.0 Å². The van der Waals surface area contributed by atoms with E-state index in [2.05, 4.69) is 5.16 Å². The van der Waals surface area contributed by atoms with Crippen molar-refractivity contribution in [3.8, 4) is 0 Å². The zero-order valence-electron chi connectivity index (χ0n) is 5.80. The predicted molar refractivity (Wildman–Crippen MR) is 34.8 cm³/mol. The van der Waals surface area contributed by atoms with Crippen LogP contribution < -0.4 is 5.73 Å². The fourth-order valence-corrected chi connectivity index (χ4v) is 0.981. The molecular formula is C5H9F2N3O. The Balaban J connectivity index is 2.24. The first-order chi connectivity index (χ1) is 5.03. The number of hydrogen-bond acceptors (Lipinski definition) is 3. The molecule has 1 fully saturated rings. The van der Waals surface area contributed by atoms with Crippen molar-refractivity contribution in [1.82, 2.24) is 4.90 Å². The zero-order valence-corrected chi connectivity index (χ0v) is 5.80. The fraction of sp³-hybridized carbons (Fsp3) is 0.800. The van der Waals surface area contributed by atoms with Crippen molar-refractivity contribution in [1.29, 1.82) is 0 Å². The van der Waals surface area contributed by atoms with Crippen molar-refractivity contribution >= 4 is 5.84 Å². The summed E-state index contributed by atoms with van der Waals surface area (Å²) in [6, 6.07) is 0. The van der Waals surface area contributed by atoms with E-state index in [-0.39, 0.29) is 25.5 Å². The molecule has 0 spiro atoms. The van der Waals surface area contributed by atoms with E-state index in [1.165, 1.54) is 4.90 Å². The van der Waals surface area contributed by atoms with Crippen LogP contribution >= 0.6 is 0 Å². The molecular weight excluding hydrogens is 156 g/mol. The van der Waals surface area contributed by atoms with Gasteiger partial charge in [0.15, 0.2) is 5.84 Å². The van der Waals surface area contributed by atoms with Crippen LogP contribution in [0.4, 0.5) is 8.78 Å². The molecule has 3 N–H and O–H groups in total. The molecule has 0 aromatic carbocycles. The summed E-state index contributed by atoms with van der Waals surface area (Å²) in [6.45, 7) is -0.501. The van der Waals surface area contributed by atoms with Gasteiger partial charge >= 0.3 is 0 Å². The highest BCUT2D eigenvalue weighted by molar-refractivity contribution is 5.81. The Morgan fingerprint density at radius 2 is 2.18 bits per heavy atom. The molecule has 64 valence electrons. The van der Waals surface area contributed by atoms with E-state index in [1.807, 2.05) is 0 Å². The number of halogens is 2. The second kappa shape index (κ2) is 2.61. The first-order valence-electron chi connectivity index (χ1n) is 3.10. The Hall–Kier alpha value is -0.910. The van der Waals surface area contributed by atoms with E-state index in [1.54, 1.807) is 0 Å². The van der Waals surface area contributed by atoms with E-state index in [9.17, 15) is 8.78 Å². The van der Waals surface area contributed by atoms with Gasteiger partial charge in [0.05, 0.1) is 19.6 Å². The molecule has 0 atom stereocenters. The van der Waals surface area contributed by atoms with Crippen LogP contribution in [-0.2, 0) is 0 Å². The molecule has 0 saturated carbocycles. The zero-order chi connectivity index (χ0) is 8.48. The summed E-state index contributed by atoms with van der Waals surface area (Å²) in [6.07, 6.45) is 0. The minimum atomic E-state index is -2.59. The van der Waals surface area contributed by atoms with Crippen LogP contribution in [0.2, 0.25) is 0 Å². The minimum absolute atomic E-state index is 0.0412. The number of nitrogens with two attached hydrogens (primary N) is 1. The Morgan fingerprint density at radius 1 is 1.64 bits per heavy atom. The van der Waals surface area contributed by atoms with Crippen LogP contribution in [0, 0.1) is 0 Å². The number of rotatable bonds is 2. The van der Waals surface area contributed by atoms with Gasteiger partial charge in [-0.25, -0.2) is 8.78 Å². The van der Waals surface area contributed by atoms with Gasteiger partial charge in [0.2, 0.25) is 0 Å². The second-order valence-corrected chi connectivity index (χ2v) is 2.59. The van der Waals surface area contributed by atoms with Crippen molar-refractivity contribution in [2.75, 3.05) is 19.6 Å². The summed E-state index contributed by atoms with van der Waals surface area (Å²) in [5.41, 5.74) is 5.09. The van der Waals surface area contributed by atoms with E-state index in [0.29, 0.717) is 0 Å². The van der Waals surface area contributed by atoms with Gasteiger partial charge < -0.3 is 10.9 Å². The maximum atomic E-state index is 12.2. The number of alkyl halides is 2. The molecule has 6 heteroatoms. The van der Waals surface area contributed by atoms with E-state index in [0.717, 1.165) is 0 Å². The van der Waals surface area contributed by atoms with Crippen molar-refractivity contribution in [3.63, 3.8) is 0 Å². The molecule has 1 aliphatic heterocycles. The summed E-state index contributed by atoms with van der Waals surface area (Å²) < 4.78 is 24.3. The van der Waals surface area contributed by atoms with Crippen molar-refractivity contribution in [2.24, 2.45) is 10.9 Å². The molecule has 0 bridgehead atoms. The van der Waals surface area contributed by atoms with Crippen molar-refractivity contribution in [2.45, 2.75) is 5.92 Å². The average Bonchev–Trinajstić information content (AvgIpc) is 1.83. The summed E-state index contributed by atoms with van der Waals surface area (Å²) in [7, 11) is 0. The highest BCUT2D eigenvalue weighted by Crippen LogP contribution is 2.25. The number of nitrogens with zero attached hydrogens (tertiary/aromatic N) is 2. The number of amidine groups is 1. The third kappa shape index (κ3) is 2.01. The third-order valence-electron chi connectivity index (χ3n) is 1.42. The van der Waals surface area contributed by atoms with Gasteiger partial charge in [-0.2, -0.15) is 0 Å². The summed E-state index contributed by atoms with van der Waals surface area (Å²) >= 11 is 0. The predicted octanol–water partition coefficient (Wildman–Crippen LogP) is -0.316. The maximum Gasteiger partial charge on any atom is 0.272 e. The van der Waals surface area contributed by atoms with Gasteiger partial charge in [-0.05, 0) is 0 Å². The number of likely N-dealkylation sites (tertiary alicyclic amines) is 1.